The maximum absolute atomic E-state index is 13.0. The molecule has 0 radical (unpaired) electrons. The van der Waals surface area contributed by atoms with Crippen molar-refractivity contribution in [2.75, 3.05) is 26.2 Å². The third-order valence-corrected chi connectivity index (χ3v) is 4.86. The van der Waals surface area contributed by atoms with Crippen LogP contribution in [0.4, 0.5) is 0 Å². The molecule has 7 heteroatoms. The van der Waals surface area contributed by atoms with Gasteiger partial charge in [0.15, 0.2) is 0 Å². The third-order valence-electron chi connectivity index (χ3n) is 4.62. The molecular formula is C19H25ClN4O2. The standard InChI is InChI=1S/C19H25ClN4O2/c1-13-10-14(2)24(22-13)16-6-8-23(12-16)19(25)17-5-4-15(20)11-18(17)26-9-3-7-21/h4-5,10-11,16H,3,6-9,12,21H2,1-2H3/t16-/m1/s1. The van der Waals surface area contributed by atoms with E-state index in [2.05, 4.69) is 11.2 Å². The Balaban J connectivity index is 1.74. The summed E-state index contributed by atoms with van der Waals surface area (Å²) in [5, 5.41) is 5.11. The van der Waals surface area contributed by atoms with Crippen molar-refractivity contribution in [3.8, 4) is 5.75 Å². The van der Waals surface area contributed by atoms with E-state index in [9.17, 15) is 4.79 Å². The molecule has 2 N–H and O–H groups in total. The highest BCUT2D eigenvalue weighted by atomic mass is 35.5. The van der Waals surface area contributed by atoms with Crippen LogP contribution in [0.3, 0.4) is 0 Å². The molecule has 0 unspecified atom stereocenters. The van der Waals surface area contributed by atoms with Crippen LogP contribution in [0.2, 0.25) is 5.02 Å². The maximum atomic E-state index is 13.0. The number of carbonyl (C=O) groups excluding carboxylic acids is 1. The fourth-order valence-corrected chi connectivity index (χ4v) is 3.53. The van der Waals surface area contributed by atoms with Gasteiger partial charge in [0, 0.05) is 23.8 Å². The van der Waals surface area contributed by atoms with E-state index in [1.807, 2.05) is 23.4 Å². The summed E-state index contributed by atoms with van der Waals surface area (Å²) in [6.07, 6.45) is 1.62. The zero-order chi connectivity index (χ0) is 18.7. The second-order valence-electron chi connectivity index (χ2n) is 6.70. The van der Waals surface area contributed by atoms with E-state index < -0.39 is 0 Å². The van der Waals surface area contributed by atoms with Crippen LogP contribution >= 0.6 is 11.6 Å². The molecule has 26 heavy (non-hydrogen) atoms. The molecule has 0 saturated carbocycles. The quantitative estimate of drug-likeness (QED) is 0.786. The molecule has 1 aromatic carbocycles. The van der Waals surface area contributed by atoms with Crippen molar-refractivity contribution in [1.82, 2.24) is 14.7 Å². The number of likely N-dealkylation sites (tertiary alicyclic amines) is 1. The average Bonchev–Trinajstić information content (AvgIpc) is 3.21. The smallest absolute Gasteiger partial charge is 0.257 e. The highest BCUT2D eigenvalue weighted by Gasteiger charge is 2.30. The number of nitrogens with zero attached hydrogens (tertiary/aromatic N) is 3. The first-order chi connectivity index (χ1) is 12.5. The largest absolute Gasteiger partial charge is 0.493 e. The lowest BCUT2D eigenvalue weighted by Crippen LogP contribution is -2.30. The molecule has 1 saturated heterocycles. The highest BCUT2D eigenvalue weighted by molar-refractivity contribution is 6.30. The van der Waals surface area contributed by atoms with Crippen molar-refractivity contribution in [3.63, 3.8) is 0 Å². The number of halogens is 1. The van der Waals surface area contributed by atoms with Gasteiger partial charge in [-0.3, -0.25) is 9.48 Å². The number of ether oxygens (including phenoxy) is 1. The zero-order valence-electron chi connectivity index (χ0n) is 15.2. The number of hydrogen-bond donors (Lipinski definition) is 1. The first-order valence-electron chi connectivity index (χ1n) is 8.94. The average molecular weight is 377 g/mol. The first-order valence-corrected chi connectivity index (χ1v) is 9.32. The van der Waals surface area contributed by atoms with E-state index >= 15 is 0 Å². The van der Waals surface area contributed by atoms with E-state index in [-0.39, 0.29) is 11.9 Å². The van der Waals surface area contributed by atoms with Crippen LogP contribution in [0, 0.1) is 13.8 Å². The van der Waals surface area contributed by atoms with Crippen molar-refractivity contribution < 1.29 is 9.53 Å². The molecule has 1 aliphatic rings. The van der Waals surface area contributed by atoms with Gasteiger partial charge in [-0.05, 0) is 57.5 Å². The minimum absolute atomic E-state index is 0.0338. The molecule has 6 nitrogen and oxygen atoms in total. The van der Waals surface area contributed by atoms with Crippen molar-refractivity contribution >= 4 is 17.5 Å². The summed E-state index contributed by atoms with van der Waals surface area (Å²) in [6.45, 7) is 6.39. The molecule has 0 aliphatic carbocycles. The number of carbonyl (C=O) groups is 1. The number of benzene rings is 1. The minimum atomic E-state index is -0.0338. The van der Waals surface area contributed by atoms with Crippen molar-refractivity contribution in [1.29, 1.82) is 0 Å². The monoisotopic (exact) mass is 376 g/mol. The van der Waals surface area contributed by atoms with Crippen LogP contribution in [0.5, 0.6) is 5.75 Å². The number of amides is 1. The van der Waals surface area contributed by atoms with Gasteiger partial charge in [0.2, 0.25) is 0 Å². The minimum Gasteiger partial charge on any atom is -0.493 e. The lowest BCUT2D eigenvalue weighted by Gasteiger charge is -2.19. The van der Waals surface area contributed by atoms with E-state index in [1.165, 1.54) is 0 Å². The molecule has 1 fully saturated rings. The summed E-state index contributed by atoms with van der Waals surface area (Å²) in [6, 6.07) is 7.42. The molecule has 0 bridgehead atoms. The Morgan fingerprint density at radius 3 is 2.88 bits per heavy atom. The van der Waals surface area contributed by atoms with Crippen LogP contribution in [-0.2, 0) is 0 Å². The molecule has 2 aromatic rings. The van der Waals surface area contributed by atoms with Crippen LogP contribution < -0.4 is 10.5 Å². The summed E-state index contributed by atoms with van der Waals surface area (Å²) >= 11 is 6.08. The Morgan fingerprint density at radius 1 is 1.38 bits per heavy atom. The molecule has 1 amide bonds. The van der Waals surface area contributed by atoms with Gasteiger partial charge >= 0.3 is 0 Å². The van der Waals surface area contributed by atoms with E-state index in [0.29, 0.717) is 42.6 Å². The normalized spacial score (nSPS) is 16.9. The van der Waals surface area contributed by atoms with Crippen LogP contribution in [-0.4, -0.2) is 46.8 Å². The second kappa shape index (κ2) is 8.10. The Bertz CT molecular complexity index is 790. The number of aromatic nitrogens is 2. The van der Waals surface area contributed by atoms with Crippen molar-refractivity contribution in [2.24, 2.45) is 5.73 Å². The second-order valence-corrected chi connectivity index (χ2v) is 7.13. The summed E-state index contributed by atoms with van der Waals surface area (Å²) < 4.78 is 7.77. The molecule has 3 rings (SSSR count). The zero-order valence-corrected chi connectivity index (χ0v) is 16.0. The molecule has 1 atom stereocenters. The fourth-order valence-electron chi connectivity index (χ4n) is 3.37. The molecule has 0 spiro atoms. The van der Waals surface area contributed by atoms with Crippen molar-refractivity contribution in [2.45, 2.75) is 32.7 Å². The van der Waals surface area contributed by atoms with Gasteiger partial charge in [0.05, 0.1) is 23.9 Å². The molecule has 2 heterocycles. The van der Waals surface area contributed by atoms with Gasteiger partial charge in [-0.2, -0.15) is 5.10 Å². The lowest BCUT2D eigenvalue weighted by atomic mass is 10.1. The van der Waals surface area contributed by atoms with Gasteiger partial charge in [-0.25, -0.2) is 0 Å². The SMILES string of the molecule is Cc1cc(C)n([C@@H]2CCN(C(=O)c3ccc(Cl)cc3OCCCN)C2)n1. The summed E-state index contributed by atoms with van der Waals surface area (Å²) in [5.74, 6) is 0.485. The maximum Gasteiger partial charge on any atom is 0.257 e. The Labute approximate surface area is 158 Å². The summed E-state index contributed by atoms with van der Waals surface area (Å²) in [5.41, 5.74) is 8.18. The Kier molecular flexibility index (Phi) is 5.84. The number of hydrogen-bond acceptors (Lipinski definition) is 4. The molecular weight excluding hydrogens is 352 g/mol. The van der Waals surface area contributed by atoms with Crippen LogP contribution in [0.15, 0.2) is 24.3 Å². The van der Waals surface area contributed by atoms with Gasteiger partial charge < -0.3 is 15.4 Å². The van der Waals surface area contributed by atoms with Crippen LogP contribution in [0.1, 0.15) is 40.6 Å². The highest BCUT2D eigenvalue weighted by Crippen LogP contribution is 2.29. The summed E-state index contributed by atoms with van der Waals surface area (Å²) in [4.78, 5) is 14.9. The Hall–Kier alpha value is -2.05. The fraction of sp³-hybridized carbons (Fsp3) is 0.474. The van der Waals surface area contributed by atoms with Gasteiger partial charge in [-0.15, -0.1) is 0 Å². The van der Waals surface area contributed by atoms with Crippen molar-refractivity contribution in [3.05, 3.63) is 46.2 Å². The number of nitrogens with two attached hydrogens (primary N) is 1. The molecule has 140 valence electrons. The topological polar surface area (TPSA) is 73.4 Å². The molecule has 1 aromatic heterocycles. The van der Waals surface area contributed by atoms with E-state index in [4.69, 9.17) is 22.1 Å². The predicted molar refractivity (Wildman–Crippen MR) is 102 cm³/mol. The van der Waals surface area contributed by atoms with E-state index in [0.717, 1.165) is 24.2 Å². The van der Waals surface area contributed by atoms with Gasteiger partial charge in [0.1, 0.15) is 5.75 Å². The summed E-state index contributed by atoms with van der Waals surface area (Å²) in [7, 11) is 0. The first kappa shape index (κ1) is 18.7. The number of aryl methyl sites for hydroxylation is 2. The lowest BCUT2D eigenvalue weighted by molar-refractivity contribution is 0.0782. The van der Waals surface area contributed by atoms with Crippen LogP contribution in [0.25, 0.3) is 0 Å². The van der Waals surface area contributed by atoms with E-state index in [1.54, 1.807) is 18.2 Å². The van der Waals surface area contributed by atoms with Gasteiger partial charge in [-0.1, -0.05) is 11.6 Å². The molecule has 1 aliphatic heterocycles. The third kappa shape index (κ3) is 4.02. The predicted octanol–water partition coefficient (Wildman–Crippen LogP) is 2.97. The van der Waals surface area contributed by atoms with Gasteiger partial charge in [0.25, 0.3) is 5.91 Å². The Morgan fingerprint density at radius 2 is 2.19 bits per heavy atom. The number of rotatable bonds is 6.